The molecule has 2 aliphatic heterocycles. The van der Waals surface area contributed by atoms with Crippen molar-refractivity contribution in [1.82, 2.24) is 9.62 Å². The number of carboxylic acids is 1. The molecule has 1 amide bonds. The SMILES string of the molecule is CC(C(=O)O)S(=O)(=O)N1CCCC2C(=O)NCC21. The summed E-state index contributed by atoms with van der Waals surface area (Å²) in [5, 5.41) is 10.0. The van der Waals surface area contributed by atoms with E-state index in [1.165, 1.54) is 4.31 Å². The first-order valence-corrected chi connectivity index (χ1v) is 7.37. The Kier molecular flexibility index (Phi) is 3.33. The van der Waals surface area contributed by atoms with Gasteiger partial charge in [-0.2, -0.15) is 4.31 Å². The molecule has 0 aromatic carbocycles. The van der Waals surface area contributed by atoms with Crippen LogP contribution in [0.15, 0.2) is 0 Å². The number of nitrogens with zero attached hydrogens (tertiary/aromatic N) is 1. The van der Waals surface area contributed by atoms with E-state index < -0.39 is 27.3 Å². The van der Waals surface area contributed by atoms with Crippen LogP contribution in [0.25, 0.3) is 0 Å². The van der Waals surface area contributed by atoms with Crippen molar-refractivity contribution in [2.24, 2.45) is 5.92 Å². The summed E-state index contributed by atoms with van der Waals surface area (Å²) < 4.78 is 25.6. The highest BCUT2D eigenvalue weighted by atomic mass is 32.2. The van der Waals surface area contributed by atoms with Gasteiger partial charge in [-0.15, -0.1) is 0 Å². The summed E-state index contributed by atoms with van der Waals surface area (Å²) in [5.41, 5.74) is 0. The average Bonchev–Trinajstić information content (AvgIpc) is 2.70. The topological polar surface area (TPSA) is 104 Å². The third-order valence-electron chi connectivity index (χ3n) is 3.67. The van der Waals surface area contributed by atoms with Gasteiger partial charge in [-0.3, -0.25) is 9.59 Å². The van der Waals surface area contributed by atoms with Gasteiger partial charge in [0, 0.05) is 13.1 Å². The Morgan fingerprint density at radius 2 is 2.22 bits per heavy atom. The van der Waals surface area contributed by atoms with E-state index in [-0.39, 0.29) is 24.9 Å². The number of piperidine rings is 1. The van der Waals surface area contributed by atoms with Crippen LogP contribution in [0.3, 0.4) is 0 Å². The maximum atomic E-state index is 12.2. The van der Waals surface area contributed by atoms with Crippen molar-refractivity contribution in [2.75, 3.05) is 13.1 Å². The van der Waals surface area contributed by atoms with Gasteiger partial charge >= 0.3 is 5.97 Å². The average molecular weight is 276 g/mol. The lowest BCUT2D eigenvalue weighted by Gasteiger charge is -2.35. The normalized spacial score (nSPS) is 30.6. The molecule has 2 rings (SSSR count). The van der Waals surface area contributed by atoms with E-state index in [0.29, 0.717) is 12.8 Å². The molecule has 0 spiro atoms. The predicted molar refractivity (Wildman–Crippen MR) is 62.2 cm³/mol. The van der Waals surface area contributed by atoms with Gasteiger partial charge in [-0.25, -0.2) is 8.42 Å². The molecule has 2 saturated heterocycles. The molecule has 3 unspecified atom stereocenters. The highest BCUT2D eigenvalue weighted by molar-refractivity contribution is 7.90. The van der Waals surface area contributed by atoms with E-state index in [9.17, 15) is 18.0 Å². The molecular formula is C10H16N2O5S. The van der Waals surface area contributed by atoms with Crippen LogP contribution in [0, 0.1) is 5.92 Å². The minimum absolute atomic E-state index is 0.136. The fourth-order valence-corrected chi connectivity index (χ4v) is 4.20. The second kappa shape index (κ2) is 4.51. The molecule has 2 N–H and O–H groups in total. The van der Waals surface area contributed by atoms with Gasteiger partial charge in [0.05, 0.1) is 12.0 Å². The van der Waals surface area contributed by atoms with Gasteiger partial charge < -0.3 is 10.4 Å². The van der Waals surface area contributed by atoms with E-state index in [2.05, 4.69) is 5.32 Å². The summed E-state index contributed by atoms with van der Waals surface area (Å²) in [7, 11) is -3.90. The number of hydrogen-bond donors (Lipinski definition) is 2. The summed E-state index contributed by atoms with van der Waals surface area (Å²) in [4.78, 5) is 22.4. The molecule has 0 aromatic rings. The molecular weight excluding hydrogens is 260 g/mol. The minimum atomic E-state index is -3.90. The monoisotopic (exact) mass is 276 g/mol. The number of amides is 1. The van der Waals surface area contributed by atoms with Gasteiger partial charge in [0.25, 0.3) is 0 Å². The lowest BCUT2D eigenvalue weighted by molar-refractivity contribution is -0.136. The Bertz CT molecular complexity index is 475. The molecule has 8 heteroatoms. The zero-order chi connectivity index (χ0) is 13.5. The van der Waals surface area contributed by atoms with Crippen LogP contribution in [0.4, 0.5) is 0 Å². The van der Waals surface area contributed by atoms with Crippen LogP contribution in [-0.2, 0) is 19.6 Å². The van der Waals surface area contributed by atoms with E-state index >= 15 is 0 Å². The van der Waals surface area contributed by atoms with Crippen LogP contribution >= 0.6 is 0 Å². The van der Waals surface area contributed by atoms with Crippen molar-refractivity contribution in [3.63, 3.8) is 0 Å². The summed E-state index contributed by atoms with van der Waals surface area (Å²) in [6.45, 7) is 1.72. The summed E-state index contributed by atoms with van der Waals surface area (Å²) in [6.07, 6.45) is 1.24. The van der Waals surface area contributed by atoms with E-state index in [1.54, 1.807) is 0 Å². The minimum Gasteiger partial charge on any atom is -0.480 e. The molecule has 3 atom stereocenters. The zero-order valence-electron chi connectivity index (χ0n) is 10.00. The number of carbonyl (C=O) groups excluding carboxylic acids is 1. The summed E-state index contributed by atoms with van der Waals surface area (Å²) >= 11 is 0. The molecule has 7 nitrogen and oxygen atoms in total. The smallest absolute Gasteiger partial charge is 0.323 e. The van der Waals surface area contributed by atoms with Gasteiger partial charge in [0.1, 0.15) is 0 Å². The van der Waals surface area contributed by atoms with E-state index in [1.807, 2.05) is 0 Å². The third kappa shape index (κ3) is 1.99. The first-order valence-electron chi connectivity index (χ1n) is 5.87. The second-order valence-corrected chi connectivity index (χ2v) is 6.90. The number of hydrogen-bond acceptors (Lipinski definition) is 4. The van der Waals surface area contributed by atoms with Crippen molar-refractivity contribution in [3.05, 3.63) is 0 Å². The number of carbonyl (C=O) groups is 2. The largest absolute Gasteiger partial charge is 0.480 e. The van der Waals surface area contributed by atoms with Crippen LogP contribution in [0.1, 0.15) is 19.8 Å². The van der Waals surface area contributed by atoms with E-state index in [0.717, 1.165) is 6.92 Å². The highest BCUT2D eigenvalue weighted by Crippen LogP contribution is 2.30. The number of sulfonamides is 1. The summed E-state index contributed by atoms with van der Waals surface area (Å²) in [5.74, 6) is -1.84. The van der Waals surface area contributed by atoms with Crippen LogP contribution in [0.5, 0.6) is 0 Å². The Balaban J connectivity index is 2.27. The van der Waals surface area contributed by atoms with Crippen molar-refractivity contribution in [2.45, 2.75) is 31.1 Å². The zero-order valence-corrected chi connectivity index (χ0v) is 10.8. The molecule has 2 heterocycles. The number of aliphatic carboxylic acids is 1. The van der Waals surface area contributed by atoms with Crippen molar-refractivity contribution in [3.8, 4) is 0 Å². The van der Waals surface area contributed by atoms with Crippen LogP contribution < -0.4 is 5.32 Å². The predicted octanol–water partition coefficient (Wildman–Crippen LogP) is -1.00. The van der Waals surface area contributed by atoms with Gasteiger partial charge in [0.2, 0.25) is 15.9 Å². The van der Waals surface area contributed by atoms with Crippen molar-refractivity contribution < 1.29 is 23.1 Å². The number of fused-ring (bicyclic) bond motifs is 1. The Morgan fingerprint density at radius 3 is 2.83 bits per heavy atom. The lowest BCUT2D eigenvalue weighted by atomic mass is 9.93. The van der Waals surface area contributed by atoms with Crippen LogP contribution in [0.2, 0.25) is 0 Å². The molecule has 0 saturated carbocycles. The first kappa shape index (κ1) is 13.3. The lowest BCUT2D eigenvalue weighted by Crippen LogP contribution is -2.52. The Morgan fingerprint density at radius 1 is 1.56 bits per heavy atom. The number of nitrogens with one attached hydrogen (secondary N) is 1. The van der Waals surface area contributed by atoms with Gasteiger partial charge in [-0.05, 0) is 19.8 Å². The molecule has 0 radical (unpaired) electrons. The second-order valence-electron chi connectivity index (χ2n) is 4.70. The standard InChI is InChI=1S/C10H16N2O5S/c1-6(10(14)15)18(16,17)12-4-2-3-7-8(12)5-11-9(7)13/h6-8H,2-5H2,1H3,(H,11,13)(H,14,15). The molecule has 0 aromatic heterocycles. The molecule has 102 valence electrons. The quantitative estimate of drug-likeness (QED) is 0.688. The number of carboxylic acid groups (broad SMARTS) is 1. The Labute approximate surface area is 105 Å². The third-order valence-corrected chi connectivity index (χ3v) is 5.87. The van der Waals surface area contributed by atoms with Crippen molar-refractivity contribution >= 4 is 21.9 Å². The maximum absolute atomic E-state index is 12.2. The van der Waals surface area contributed by atoms with Gasteiger partial charge in [0.15, 0.2) is 5.25 Å². The molecule has 18 heavy (non-hydrogen) atoms. The fourth-order valence-electron chi connectivity index (χ4n) is 2.56. The van der Waals surface area contributed by atoms with Crippen molar-refractivity contribution in [1.29, 1.82) is 0 Å². The van der Waals surface area contributed by atoms with Crippen LogP contribution in [-0.4, -0.2) is 54.1 Å². The molecule has 2 aliphatic rings. The van der Waals surface area contributed by atoms with E-state index in [4.69, 9.17) is 5.11 Å². The fraction of sp³-hybridized carbons (Fsp3) is 0.800. The highest BCUT2D eigenvalue weighted by Gasteiger charge is 2.47. The molecule has 2 fully saturated rings. The Hall–Kier alpha value is -1.15. The van der Waals surface area contributed by atoms with Gasteiger partial charge in [-0.1, -0.05) is 0 Å². The molecule has 0 aliphatic carbocycles. The summed E-state index contributed by atoms with van der Waals surface area (Å²) in [6, 6.07) is -0.432. The molecule has 0 bridgehead atoms. The number of rotatable bonds is 3. The maximum Gasteiger partial charge on any atom is 0.323 e. The first-order chi connectivity index (χ1) is 8.35.